The molecule has 0 saturated heterocycles. The van der Waals surface area contributed by atoms with E-state index < -0.39 is 23.1 Å². The molecule has 0 fully saturated rings. The molecule has 1 N–H and O–H groups in total. The number of aromatic amines is 1. The van der Waals surface area contributed by atoms with Crippen LogP contribution in [0.4, 0.5) is 0 Å². The van der Waals surface area contributed by atoms with Crippen molar-refractivity contribution < 1.29 is 18.4 Å². The maximum atomic E-state index is 13.2. The van der Waals surface area contributed by atoms with Gasteiger partial charge in [0.25, 0.3) is 5.56 Å². The number of hydrogen-bond donors (Lipinski definition) is 1. The van der Waals surface area contributed by atoms with Gasteiger partial charge in [-0.15, -0.1) is 0 Å². The number of rotatable bonds is 6. The van der Waals surface area contributed by atoms with Crippen LogP contribution in [0.2, 0.25) is 0 Å². The highest BCUT2D eigenvalue weighted by atomic mass is 16.5. The molecule has 1 aliphatic carbocycles. The van der Waals surface area contributed by atoms with Crippen LogP contribution in [0.15, 0.2) is 55.0 Å². The summed E-state index contributed by atoms with van der Waals surface area (Å²) in [5.74, 6) is 0.415. The van der Waals surface area contributed by atoms with E-state index in [0.29, 0.717) is 35.1 Å². The number of aryl methyl sites for hydroxylation is 2. The van der Waals surface area contributed by atoms with Gasteiger partial charge in [0.2, 0.25) is 5.76 Å². The monoisotopic (exact) mass is 487 g/mol. The number of benzene rings is 1. The van der Waals surface area contributed by atoms with Crippen LogP contribution in [0.1, 0.15) is 75.7 Å². The first-order valence-corrected chi connectivity index (χ1v) is 11.8. The highest BCUT2D eigenvalue weighted by Gasteiger charge is 2.30. The van der Waals surface area contributed by atoms with E-state index in [2.05, 4.69) is 4.98 Å². The highest BCUT2D eigenvalue weighted by molar-refractivity contribution is 5.86. The minimum atomic E-state index is -0.594. The molecule has 1 aliphatic rings. The van der Waals surface area contributed by atoms with Crippen molar-refractivity contribution in [3.8, 4) is 0 Å². The van der Waals surface area contributed by atoms with Gasteiger partial charge in [-0.2, -0.15) is 0 Å². The summed E-state index contributed by atoms with van der Waals surface area (Å²) < 4.78 is 17.8. The van der Waals surface area contributed by atoms with Gasteiger partial charge in [0.15, 0.2) is 11.7 Å². The number of esters is 1. The lowest BCUT2D eigenvalue weighted by atomic mass is 9.87. The van der Waals surface area contributed by atoms with Crippen molar-refractivity contribution in [1.29, 1.82) is 0 Å². The predicted octanol–water partition coefficient (Wildman–Crippen LogP) is 3.88. The molecule has 0 spiro atoms. The van der Waals surface area contributed by atoms with Crippen LogP contribution in [0.5, 0.6) is 0 Å². The maximum absolute atomic E-state index is 13.2. The van der Waals surface area contributed by atoms with Crippen molar-refractivity contribution in [2.75, 3.05) is 6.61 Å². The Morgan fingerprint density at radius 2 is 1.94 bits per heavy atom. The zero-order chi connectivity index (χ0) is 25.4. The summed E-state index contributed by atoms with van der Waals surface area (Å²) in [7, 11) is 0. The van der Waals surface area contributed by atoms with E-state index in [1.165, 1.54) is 16.8 Å². The van der Waals surface area contributed by atoms with E-state index in [9.17, 15) is 14.4 Å². The number of oxazole rings is 1. The minimum absolute atomic E-state index is 0.0135. The van der Waals surface area contributed by atoms with E-state index in [-0.39, 0.29) is 18.9 Å². The Morgan fingerprint density at radius 3 is 2.72 bits per heavy atom. The van der Waals surface area contributed by atoms with Crippen LogP contribution in [-0.2, 0) is 17.7 Å². The second-order valence-electron chi connectivity index (χ2n) is 8.57. The fraction of sp³-hybridized carbons (Fsp3) is 0.259. The van der Waals surface area contributed by atoms with Gasteiger partial charge in [-0.1, -0.05) is 36.8 Å². The summed E-state index contributed by atoms with van der Waals surface area (Å²) in [5, 5.41) is 0. The molecule has 1 aromatic carbocycles. The third-order valence-corrected chi connectivity index (χ3v) is 6.08. The summed E-state index contributed by atoms with van der Waals surface area (Å²) in [6.07, 6.45) is 5.95. The molecule has 1 unspecified atom stereocenters. The number of nitrogens with zero attached hydrogens (tertiary/aromatic N) is 2. The summed E-state index contributed by atoms with van der Waals surface area (Å²) >= 11 is 0. The molecule has 9 nitrogen and oxygen atoms in total. The highest BCUT2D eigenvalue weighted by Crippen LogP contribution is 2.38. The lowest BCUT2D eigenvalue weighted by Gasteiger charge is -2.18. The minimum Gasteiger partial charge on any atom is -0.460 e. The molecule has 0 radical (unpaired) electrons. The van der Waals surface area contributed by atoms with Gasteiger partial charge in [0.05, 0.1) is 24.8 Å². The average molecular weight is 488 g/mol. The topological polar surface area (TPSA) is 120 Å². The number of carbonyl (C=O) groups excluding carboxylic acids is 1. The first-order chi connectivity index (χ1) is 17.4. The van der Waals surface area contributed by atoms with Gasteiger partial charge in [-0.05, 0) is 43.2 Å². The van der Waals surface area contributed by atoms with Crippen LogP contribution in [0.25, 0.3) is 12.2 Å². The molecule has 4 aromatic rings. The number of hydrogen-bond acceptors (Lipinski definition) is 7. The predicted molar refractivity (Wildman–Crippen MR) is 132 cm³/mol. The molecule has 5 rings (SSSR count). The van der Waals surface area contributed by atoms with Crippen molar-refractivity contribution in [2.24, 2.45) is 0 Å². The number of ether oxygens (including phenoxy) is 1. The fourth-order valence-corrected chi connectivity index (χ4v) is 4.39. The number of H-pyrrole nitrogens is 1. The molecule has 184 valence electrons. The molecule has 1 atom stereocenters. The number of nitrogens with one attached hydrogen (secondary N) is 1. The summed E-state index contributed by atoms with van der Waals surface area (Å²) in [6.45, 7) is 5.88. The fourth-order valence-electron chi connectivity index (χ4n) is 4.39. The quantitative estimate of drug-likeness (QED) is 0.361. The van der Waals surface area contributed by atoms with Crippen LogP contribution in [-0.4, -0.2) is 27.1 Å². The van der Waals surface area contributed by atoms with Gasteiger partial charge in [0, 0.05) is 18.2 Å². The lowest BCUT2D eigenvalue weighted by molar-refractivity contribution is 0.0488. The first kappa shape index (κ1) is 23.3. The van der Waals surface area contributed by atoms with Gasteiger partial charge >= 0.3 is 11.7 Å². The number of carbonyl (C=O) groups is 1. The largest absolute Gasteiger partial charge is 0.460 e. The molecule has 0 saturated carbocycles. The van der Waals surface area contributed by atoms with Crippen LogP contribution in [0, 0.1) is 6.92 Å². The average Bonchev–Trinajstić information content (AvgIpc) is 3.46. The summed E-state index contributed by atoms with van der Waals surface area (Å²) in [4.78, 5) is 44.9. The molecule has 0 amide bonds. The molecule has 0 bridgehead atoms. The summed E-state index contributed by atoms with van der Waals surface area (Å²) in [5.41, 5.74) is 2.75. The normalized spacial score (nSPS) is 14.2. The molecule has 9 heteroatoms. The Hall–Kier alpha value is -4.40. The molecule has 0 aliphatic heterocycles. The van der Waals surface area contributed by atoms with Gasteiger partial charge in [-0.3, -0.25) is 14.3 Å². The molecule has 36 heavy (non-hydrogen) atoms. The van der Waals surface area contributed by atoms with Crippen LogP contribution >= 0.6 is 0 Å². The SMILES string of the molecule is CCOC(=O)c1ccc(Cn2cc(C3c4ccc(C)cc4C=Cc4oc(CC)nc43)c(=O)[nH]c2=O)o1. The Kier molecular flexibility index (Phi) is 6.05. The molecular weight excluding hydrogens is 462 g/mol. The number of aromatic nitrogens is 3. The second-order valence-corrected chi connectivity index (χ2v) is 8.57. The summed E-state index contributed by atoms with van der Waals surface area (Å²) in [6, 6.07) is 9.09. The van der Waals surface area contributed by atoms with E-state index >= 15 is 0 Å². The maximum Gasteiger partial charge on any atom is 0.374 e. The Bertz CT molecular complexity index is 1600. The Morgan fingerprint density at radius 1 is 1.11 bits per heavy atom. The van der Waals surface area contributed by atoms with Crippen molar-refractivity contribution in [3.05, 3.63) is 108 Å². The number of fused-ring (bicyclic) bond motifs is 2. The van der Waals surface area contributed by atoms with E-state index in [1.807, 2.05) is 44.2 Å². The second kappa shape index (κ2) is 9.33. The first-order valence-electron chi connectivity index (χ1n) is 11.8. The zero-order valence-corrected chi connectivity index (χ0v) is 20.2. The van der Waals surface area contributed by atoms with E-state index in [4.69, 9.17) is 18.6 Å². The van der Waals surface area contributed by atoms with E-state index in [0.717, 1.165) is 16.7 Å². The standard InChI is InChI=1S/C27H25N3O6/c1-4-22-28-24-20(36-22)10-7-16-12-15(3)6-9-18(16)23(24)19-14-30(27(33)29-25(19)31)13-17-8-11-21(35-17)26(32)34-5-2/h6-12,14,23H,4-5,13H2,1-3H3,(H,29,31,33). The van der Waals surface area contributed by atoms with Crippen molar-refractivity contribution >= 4 is 18.1 Å². The molecule has 3 aromatic heterocycles. The van der Waals surface area contributed by atoms with Crippen molar-refractivity contribution in [3.63, 3.8) is 0 Å². The Balaban J connectivity index is 1.62. The van der Waals surface area contributed by atoms with Crippen molar-refractivity contribution in [2.45, 2.75) is 39.7 Å². The van der Waals surface area contributed by atoms with Crippen LogP contribution < -0.4 is 11.2 Å². The lowest BCUT2D eigenvalue weighted by Crippen LogP contribution is -2.33. The molecule has 3 heterocycles. The number of furan rings is 1. The van der Waals surface area contributed by atoms with E-state index in [1.54, 1.807) is 13.0 Å². The van der Waals surface area contributed by atoms with Gasteiger partial charge in [-0.25, -0.2) is 14.6 Å². The molecular formula is C27H25N3O6. The third-order valence-electron chi connectivity index (χ3n) is 6.08. The smallest absolute Gasteiger partial charge is 0.374 e. The van der Waals surface area contributed by atoms with Gasteiger partial charge < -0.3 is 13.6 Å². The zero-order valence-electron chi connectivity index (χ0n) is 20.2. The van der Waals surface area contributed by atoms with Crippen molar-refractivity contribution in [1.82, 2.24) is 14.5 Å². The van der Waals surface area contributed by atoms with Crippen LogP contribution in [0.3, 0.4) is 0 Å². The van der Waals surface area contributed by atoms with Gasteiger partial charge in [0.1, 0.15) is 5.76 Å². The Labute approximate surface area is 206 Å². The third kappa shape index (κ3) is 4.24.